The van der Waals surface area contributed by atoms with Crippen molar-refractivity contribution in [3.63, 3.8) is 0 Å². The SMILES string of the molecule is Cc1cc(C(C)(F)F)ncc1N1CC2(CCC(c3ccc(Cl)s3)(N(C)C)CC2)NC1=O. The molecule has 1 spiro atoms. The van der Waals surface area contributed by atoms with Gasteiger partial charge in [0.15, 0.2) is 0 Å². The van der Waals surface area contributed by atoms with Crippen molar-refractivity contribution in [1.29, 1.82) is 0 Å². The molecule has 31 heavy (non-hydrogen) atoms. The minimum atomic E-state index is -3.01. The van der Waals surface area contributed by atoms with Crippen LogP contribution in [-0.4, -0.2) is 42.1 Å². The van der Waals surface area contributed by atoms with E-state index in [9.17, 15) is 13.6 Å². The van der Waals surface area contributed by atoms with E-state index >= 15 is 0 Å². The van der Waals surface area contributed by atoms with E-state index in [0.717, 1.165) is 36.9 Å². The quantitative estimate of drug-likeness (QED) is 0.643. The standard InChI is InChI=1S/C22H27ClF2N4OS/c1-14-11-16(20(2,24)25)26-12-15(14)29-13-21(27-19(29)30)7-9-22(10-8-21,28(3)4)17-5-6-18(23)31-17/h5-6,11-12H,7-10,13H2,1-4H3,(H,27,30). The minimum absolute atomic E-state index is 0.104. The Morgan fingerprint density at radius 3 is 2.45 bits per heavy atom. The monoisotopic (exact) mass is 468 g/mol. The van der Waals surface area contributed by atoms with E-state index in [0.29, 0.717) is 17.8 Å². The van der Waals surface area contributed by atoms with Crippen LogP contribution in [0.15, 0.2) is 24.4 Å². The van der Waals surface area contributed by atoms with Crippen molar-refractivity contribution < 1.29 is 13.6 Å². The van der Waals surface area contributed by atoms with Crippen LogP contribution in [0.1, 0.15) is 48.7 Å². The number of hydrogen-bond donors (Lipinski definition) is 1. The van der Waals surface area contributed by atoms with Gasteiger partial charge in [0, 0.05) is 11.8 Å². The number of thiophene rings is 1. The molecular weight excluding hydrogens is 442 g/mol. The third-order valence-corrected chi connectivity index (χ3v) is 8.25. The molecule has 4 rings (SSSR count). The average molecular weight is 469 g/mol. The van der Waals surface area contributed by atoms with Gasteiger partial charge < -0.3 is 5.32 Å². The van der Waals surface area contributed by atoms with Crippen molar-refractivity contribution >= 4 is 34.7 Å². The van der Waals surface area contributed by atoms with Gasteiger partial charge in [-0.05, 0) is 70.5 Å². The van der Waals surface area contributed by atoms with Gasteiger partial charge in [0.2, 0.25) is 0 Å². The molecule has 0 atom stereocenters. The summed E-state index contributed by atoms with van der Waals surface area (Å²) in [5, 5.41) is 3.19. The first kappa shape index (κ1) is 22.4. The zero-order valence-electron chi connectivity index (χ0n) is 18.1. The lowest BCUT2D eigenvalue weighted by atomic mass is 9.71. The Morgan fingerprint density at radius 2 is 1.94 bits per heavy atom. The maximum atomic E-state index is 13.6. The Kier molecular flexibility index (Phi) is 5.55. The highest BCUT2D eigenvalue weighted by atomic mass is 35.5. The van der Waals surface area contributed by atoms with Crippen LogP contribution in [0, 0.1) is 6.92 Å². The Bertz CT molecular complexity index is 996. The molecule has 0 unspecified atom stereocenters. The second-order valence-electron chi connectivity index (χ2n) is 9.07. The van der Waals surface area contributed by atoms with Crippen molar-refractivity contribution in [3.8, 4) is 0 Å². The van der Waals surface area contributed by atoms with Crippen LogP contribution in [0.5, 0.6) is 0 Å². The maximum Gasteiger partial charge on any atom is 0.322 e. The molecule has 2 amide bonds. The lowest BCUT2D eigenvalue weighted by molar-refractivity contribution is 0.0127. The van der Waals surface area contributed by atoms with Gasteiger partial charge in [0.1, 0.15) is 5.69 Å². The molecule has 9 heteroatoms. The number of rotatable bonds is 4. The number of aryl methyl sites for hydroxylation is 1. The van der Waals surface area contributed by atoms with Gasteiger partial charge in [-0.3, -0.25) is 14.8 Å². The first-order valence-corrected chi connectivity index (χ1v) is 11.5. The van der Waals surface area contributed by atoms with Gasteiger partial charge in [-0.2, -0.15) is 8.78 Å². The van der Waals surface area contributed by atoms with Gasteiger partial charge in [-0.1, -0.05) is 11.6 Å². The number of amides is 2. The third-order valence-electron chi connectivity index (χ3n) is 6.82. The summed E-state index contributed by atoms with van der Waals surface area (Å²) in [6, 6.07) is 5.21. The highest BCUT2D eigenvalue weighted by Gasteiger charge is 2.51. The number of alkyl halides is 2. The van der Waals surface area contributed by atoms with Crippen LogP contribution >= 0.6 is 22.9 Å². The Balaban J connectivity index is 1.55. The minimum Gasteiger partial charge on any atom is -0.330 e. The van der Waals surface area contributed by atoms with Crippen LogP contribution < -0.4 is 10.2 Å². The molecule has 1 saturated carbocycles. The number of urea groups is 1. The molecule has 168 valence electrons. The molecule has 5 nitrogen and oxygen atoms in total. The third kappa shape index (κ3) is 3.94. The molecule has 0 aromatic carbocycles. The van der Waals surface area contributed by atoms with Crippen LogP contribution in [0.3, 0.4) is 0 Å². The Labute approximate surface area is 190 Å². The summed E-state index contributed by atoms with van der Waals surface area (Å²) in [4.78, 5) is 21.9. The van der Waals surface area contributed by atoms with Gasteiger partial charge in [0.25, 0.3) is 5.92 Å². The fourth-order valence-electron chi connectivity index (χ4n) is 4.88. The highest BCUT2D eigenvalue weighted by molar-refractivity contribution is 7.16. The predicted molar refractivity (Wildman–Crippen MR) is 120 cm³/mol. The predicted octanol–water partition coefficient (Wildman–Crippen LogP) is 5.52. The molecule has 1 saturated heterocycles. The largest absolute Gasteiger partial charge is 0.330 e. The first-order valence-electron chi connectivity index (χ1n) is 10.3. The van der Waals surface area contributed by atoms with E-state index < -0.39 is 5.92 Å². The van der Waals surface area contributed by atoms with Crippen LogP contribution in [0.4, 0.5) is 19.3 Å². The number of halogens is 3. The lowest BCUT2D eigenvalue weighted by Gasteiger charge is -2.47. The number of hydrogen-bond acceptors (Lipinski definition) is 4. The summed E-state index contributed by atoms with van der Waals surface area (Å²) >= 11 is 7.82. The number of carbonyl (C=O) groups excluding carboxylic acids is 1. The van der Waals surface area contributed by atoms with E-state index in [4.69, 9.17) is 11.6 Å². The lowest BCUT2D eigenvalue weighted by Crippen LogP contribution is -2.53. The van der Waals surface area contributed by atoms with Crippen molar-refractivity contribution in [2.75, 3.05) is 25.5 Å². The van der Waals surface area contributed by atoms with E-state index in [1.807, 2.05) is 6.07 Å². The molecule has 2 aromatic heterocycles. The average Bonchev–Trinajstić information content (AvgIpc) is 3.25. The second-order valence-corrected chi connectivity index (χ2v) is 10.8. The number of nitrogens with one attached hydrogen (secondary N) is 1. The van der Waals surface area contributed by atoms with E-state index in [1.54, 1.807) is 23.2 Å². The van der Waals surface area contributed by atoms with Crippen LogP contribution in [-0.2, 0) is 11.5 Å². The number of carbonyl (C=O) groups is 1. The molecule has 3 heterocycles. The summed E-state index contributed by atoms with van der Waals surface area (Å²) in [7, 11) is 4.18. The summed E-state index contributed by atoms with van der Waals surface area (Å²) < 4.78 is 28.0. The summed E-state index contributed by atoms with van der Waals surface area (Å²) in [5.41, 5.74) is 0.471. The Morgan fingerprint density at radius 1 is 1.26 bits per heavy atom. The van der Waals surface area contributed by atoms with Crippen molar-refractivity contribution in [2.24, 2.45) is 0 Å². The summed E-state index contributed by atoms with van der Waals surface area (Å²) in [6.45, 7) is 3.07. The maximum absolute atomic E-state index is 13.6. The number of aromatic nitrogens is 1. The zero-order valence-corrected chi connectivity index (χ0v) is 19.7. The highest BCUT2D eigenvalue weighted by Crippen LogP contribution is 2.48. The fourth-order valence-corrected chi connectivity index (χ4v) is 6.25. The summed E-state index contributed by atoms with van der Waals surface area (Å²) in [6.07, 6.45) is 4.81. The van der Waals surface area contributed by atoms with Crippen molar-refractivity contribution in [3.05, 3.63) is 44.9 Å². The second kappa shape index (κ2) is 7.67. The molecule has 2 aromatic rings. The fraction of sp³-hybridized carbons (Fsp3) is 0.545. The van der Waals surface area contributed by atoms with Crippen LogP contribution in [0.25, 0.3) is 0 Å². The number of anilines is 1. The van der Waals surface area contributed by atoms with E-state index in [-0.39, 0.29) is 22.8 Å². The normalized spacial score (nSPS) is 26.7. The zero-order chi connectivity index (χ0) is 22.6. The molecule has 1 N–H and O–H groups in total. The van der Waals surface area contributed by atoms with Gasteiger partial charge >= 0.3 is 6.03 Å². The molecular formula is C22H27ClF2N4OS. The van der Waals surface area contributed by atoms with Crippen LogP contribution in [0.2, 0.25) is 4.34 Å². The molecule has 1 aliphatic heterocycles. The topological polar surface area (TPSA) is 48.5 Å². The molecule has 2 aliphatic rings. The smallest absolute Gasteiger partial charge is 0.322 e. The first-order chi connectivity index (χ1) is 14.5. The molecule has 0 bridgehead atoms. The summed E-state index contributed by atoms with van der Waals surface area (Å²) in [5.74, 6) is -3.01. The van der Waals surface area contributed by atoms with Gasteiger partial charge in [0.05, 0.1) is 33.8 Å². The van der Waals surface area contributed by atoms with E-state index in [1.165, 1.54) is 17.1 Å². The van der Waals surface area contributed by atoms with Gasteiger partial charge in [-0.25, -0.2) is 4.79 Å². The number of pyridine rings is 1. The molecule has 0 radical (unpaired) electrons. The van der Waals surface area contributed by atoms with Gasteiger partial charge in [-0.15, -0.1) is 11.3 Å². The van der Waals surface area contributed by atoms with Crippen molar-refractivity contribution in [2.45, 2.75) is 56.5 Å². The Hall–Kier alpha value is -1.77. The molecule has 1 aliphatic carbocycles. The number of nitrogens with zero attached hydrogens (tertiary/aromatic N) is 3. The molecule has 2 fully saturated rings. The van der Waals surface area contributed by atoms with Crippen molar-refractivity contribution in [1.82, 2.24) is 15.2 Å². The van der Waals surface area contributed by atoms with E-state index in [2.05, 4.69) is 35.4 Å².